The standard InChI is InChI=1S/C16H20N4O3/c1-5-13-14(17-3)19(4)16(22)20(15(13)21)9-7-6-8-12-10-11(2)18-23-12/h5,10H,1,3,6-9H2,2,4H3. The van der Waals surface area contributed by atoms with Crippen LogP contribution in [0.4, 0.5) is 5.82 Å². The van der Waals surface area contributed by atoms with Crippen molar-refractivity contribution in [2.75, 3.05) is 0 Å². The monoisotopic (exact) mass is 316 g/mol. The highest BCUT2D eigenvalue weighted by molar-refractivity contribution is 5.60. The first-order valence-electron chi connectivity index (χ1n) is 7.34. The third kappa shape index (κ3) is 3.39. The summed E-state index contributed by atoms with van der Waals surface area (Å²) in [6.45, 7) is 9.21. The predicted octanol–water partition coefficient (Wildman–Crippen LogP) is 1.84. The minimum atomic E-state index is -0.404. The fourth-order valence-corrected chi connectivity index (χ4v) is 2.45. The molecule has 0 amide bonds. The molecule has 0 spiro atoms. The number of hydrogen-bond acceptors (Lipinski definition) is 5. The van der Waals surface area contributed by atoms with E-state index in [4.69, 9.17) is 4.52 Å². The zero-order valence-corrected chi connectivity index (χ0v) is 13.4. The zero-order valence-electron chi connectivity index (χ0n) is 13.4. The molecule has 23 heavy (non-hydrogen) atoms. The van der Waals surface area contributed by atoms with Gasteiger partial charge in [-0.3, -0.25) is 13.9 Å². The van der Waals surface area contributed by atoms with Crippen LogP contribution in [0.1, 0.15) is 29.9 Å². The summed E-state index contributed by atoms with van der Waals surface area (Å²) in [5.41, 5.74) is 0.334. The van der Waals surface area contributed by atoms with Crippen molar-refractivity contribution in [3.8, 4) is 0 Å². The average Bonchev–Trinajstić information content (AvgIpc) is 2.95. The van der Waals surface area contributed by atoms with Crippen molar-refractivity contribution >= 4 is 18.6 Å². The van der Waals surface area contributed by atoms with Gasteiger partial charge < -0.3 is 4.52 Å². The van der Waals surface area contributed by atoms with Crippen LogP contribution in [0.25, 0.3) is 6.08 Å². The highest BCUT2D eigenvalue weighted by Crippen LogP contribution is 2.13. The highest BCUT2D eigenvalue weighted by Gasteiger charge is 2.14. The number of aryl methyl sites for hydroxylation is 2. The van der Waals surface area contributed by atoms with Gasteiger partial charge in [-0.25, -0.2) is 9.79 Å². The molecule has 0 saturated heterocycles. The Morgan fingerprint density at radius 1 is 1.39 bits per heavy atom. The van der Waals surface area contributed by atoms with Gasteiger partial charge >= 0.3 is 5.69 Å². The Morgan fingerprint density at radius 2 is 2.13 bits per heavy atom. The third-order valence-corrected chi connectivity index (χ3v) is 3.64. The quantitative estimate of drug-likeness (QED) is 0.576. The highest BCUT2D eigenvalue weighted by atomic mass is 16.5. The van der Waals surface area contributed by atoms with Gasteiger partial charge in [0.2, 0.25) is 0 Å². The molecule has 0 fully saturated rings. The van der Waals surface area contributed by atoms with E-state index in [0.29, 0.717) is 13.0 Å². The molecule has 0 aliphatic heterocycles. The third-order valence-electron chi connectivity index (χ3n) is 3.64. The van der Waals surface area contributed by atoms with Gasteiger partial charge in [0.25, 0.3) is 5.56 Å². The van der Waals surface area contributed by atoms with Crippen LogP contribution in [0.5, 0.6) is 0 Å². The molecule has 7 heteroatoms. The Morgan fingerprint density at radius 3 is 2.70 bits per heavy atom. The van der Waals surface area contributed by atoms with Crippen LogP contribution in [0.15, 0.2) is 31.7 Å². The largest absolute Gasteiger partial charge is 0.361 e. The molecular weight excluding hydrogens is 296 g/mol. The molecule has 0 atom stereocenters. The van der Waals surface area contributed by atoms with Crippen LogP contribution >= 0.6 is 0 Å². The normalized spacial score (nSPS) is 10.7. The van der Waals surface area contributed by atoms with Gasteiger partial charge in [-0.15, -0.1) is 0 Å². The van der Waals surface area contributed by atoms with Gasteiger partial charge in [-0.2, -0.15) is 0 Å². The Hall–Kier alpha value is -2.70. The van der Waals surface area contributed by atoms with E-state index >= 15 is 0 Å². The fourth-order valence-electron chi connectivity index (χ4n) is 2.45. The molecular formula is C16H20N4O3. The molecule has 122 valence electrons. The second kappa shape index (κ2) is 7.04. The number of aliphatic imine (C=N–C) groups is 1. The molecule has 0 aliphatic rings. The van der Waals surface area contributed by atoms with Crippen molar-refractivity contribution in [2.24, 2.45) is 12.0 Å². The summed E-state index contributed by atoms with van der Waals surface area (Å²) >= 11 is 0. The predicted molar refractivity (Wildman–Crippen MR) is 89.4 cm³/mol. The van der Waals surface area contributed by atoms with Crippen LogP contribution in [0, 0.1) is 6.92 Å². The van der Waals surface area contributed by atoms with Crippen LogP contribution in [0.2, 0.25) is 0 Å². The van der Waals surface area contributed by atoms with E-state index in [1.165, 1.54) is 15.2 Å². The van der Waals surface area contributed by atoms with Crippen LogP contribution in [0.3, 0.4) is 0 Å². The molecule has 0 aliphatic carbocycles. The number of hydrogen-bond donors (Lipinski definition) is 0. The lowest BCUT2D eigenvalue weighted by Crippen LogP contribution is -2.40. The van der Waals surface area contributed by atoms with Crippen LogP contribution in [-0.2, 0) is 20.0 Å². The lowest BCUT2D eigenvalue weighted by Gasteiger charge is -2.11. The van der Waals surface area contributed by atoms with Crippen molar-refractivity contribution in [3.05, 3.63) is 50.5 Å². The summed E-state index contributed by atoms with van der Waals surface area (Å²) in [5.74, 6) is 1.05. The average molecular weight is 316 g/mol. The van der Waals surface area contributed by atoms with Crippen LogP contribution in [-0.4, -0.2) is 21.0 Å². The molecule has 0 saturated carbocycles. The summed E-state index contributed by atoms with van der Waals surface area (Å²) in [6, 6.07) is 1.88. The van der Waals surface area contributed by atoms with Crippen molar-refractivity contribution in [1.29, 1.82) is 0 Å². The van der Waals surface area contributed by atoms with Gasteiger partial charge in [0, 0.05) is 26.1 Å². The second-order valence-electron chi connectivity index (χ2n) is 5.29. The molecule has 0 N–H and O–H groups in total. The van der Waals surface area contributed by atoms with E-state index in [1.54, 1.807) is 7.05 Å². The topological polar surface area (TPSA) is 82.4 Å². The van der Waals surface area contributed by atoms with Gasteiger partial charge in [0.1, 0.15) is 11.6 Å². The van der Waals surface area contributed by atoms with Gasteiger partial charge in [-0.05, 0) is 26.5 Å². The SMILES string of the molecule is C=Cc1c(N=C)n(C)c(=O)n(CCCCc2cc(C)no2)c1=O. The number of unbranched alkanes of at least 4 members (excludes halogenated alkanes) is 1. The molecule has 2 aromatic heterocycles. The van der Waals surface area contributed by atoms with Crippen molar-refractivity contribution in [3.63, 3.8) is 0 Å². The van der Waals surface area contributed by atoms with E-state index < -0.39 is 5.69 Å². The zero-order chi connectivity index (χ0) is 17.0. The minimum Gasteiger partial charge on any atom is -0.361 e. The van der Waals surface area contributed by atoms with E-state index in [2.05, 4.69) is 23.4 Å². The summed E-state index contributed by atoms with van der Waals surface area (Å²) < 4.78 is 7.65. The molecule has 0 radical (unpaired) electrons. The first kappa shape index (κ1) is 16.7. The minimum absolute atomic E-state index is 0.239. The molecule has 2 aromatic rings. The fraction of sp³-hybridized carbons (Fsp3) is 0.375. The summed E-state index contributed by atoms with van der Waals surface area (Å²) in [4.78, 5) is 28.4. The molecule has 2 heterocycles. The van der Waals surface area contributed by atoms with Gasteiger partial charge in [0.05, 0.1) is 11.3 Å². The second-order valence-corrected chi connectivity index (χ2v) is 5.29. The first-order valence-corrected chi connectivity index (χ1v) is 7.34. The lowest BCUT2D eigenvalue weighted by molar-refractivity contribution is 0.374. The Kier molecular flexibility index (Phi) is 5.10. The Balaban J connectivity index is 2.15. The van der Waals surface area contributed by atoms with Crippen molar-refractivity contribution in [1.82, 2.24) is 14.3 Å². The maximum absolute atomic E-state index is 12.4. The van der Waals surface area contributed by atoms with Crippen LogP contribution < -0.4 is 11.2 Å². The van der Waals surface area contributed by atoms with E-state index in [9.17, 15) is 9.59 Å². The maximum Gasteiger partial charge on any atom is 0.332 e. The summed E-state index contributed by atoms with van der Waals surface area (Å²) in [6.07, 6.45) is 3.58. The Bertz CT molecular complexity index is 842. The molecule has 7 nitrogen and oxygen atoms in total. The van der Waals surface area contributed by atoms with Crippen molar-refractivity contribution in [2.45, 2.75) is 32.7 Å². The first-order chi connectivity index (χ1) is 11.0. The van der Waals surface area contributed by atoms with Gasteiger partial charge in [0.15, 0.2) is 0 Å². The number of aromatic nitrogens is 3. The molecule has 0 unspecified atom stereocenters. The molecule has 0 aromatic carbocycles. The molecule has 2 rings (SSSR count). The lowest BCUT2D eigenvalue weighted by atomic mass is 10.2. The maximum atomic E-state index is 12.4. The van der Waals surface area contributed by atoms with Crippen molar-refractivity contribution < 1.29 is 4.52 Å². The molecule has 0 bridgehead atoms. The number of nitrogens with zero attached hydrogens (tertiary/aromatic N) is 4. The summed E-state index contributed by atoms with van der Waals surface area (Å²) in [5, 5.41) is 3.82. The van der Waals surface area contributed by atoms with E-state index in [1.807, 2.05) is 13.0 Å². The Labute approximate surface area is 133 Å². The van der Waals surface area contributed by atoms with Gasteiger partial charge in [-0.1, -0.05) is 17.8 Å². The van der Waals surface area contributed by atoms with E-state index in [0.717, 1.165) is 24.3 Å². The smallest absolute Gasteiger partial charge is 0.332 e. The number of rotatable bonds is 7. The van der Waals surface area contributed by atoms with E-state index in [-0.39, 0.29) is 16.9 Å². The summed E-state index contributed by atoms with van der Waals surface area (Å²) in [7, 11) is 1.56.